The topological polar surface area (TPSA) is 47.0 Å². The summed E-state index contributed by atoms with van der Waals surface area (Å²) >= 11 is 0. The van der Waals surface area contributed by atoms with Crippen LogP contribution in [0.2, 0.25) is 0 Å². The highest BCUT2D eigenvalue weighted by Crippen LogP contribution is 2.14. The Morgan fingerprint density at radius 3 is 2.78 bits per heavy atom. The summed E-state index contributed by atoms with van der Waals surface area (Å²) in [7, 11) is 4.08. The largest absolute Gasteiger partial charge is 0.383 e. The molecule has 1 atom stereocenters. The third kappa shape index (κ3) is 4.25. The zero-order chi connectivity index (χ0) is 13.4. The van der Waals surface area contributed by atoms with Gasteiger partial charge in [0.25, 0.3) is 0 Å². The fourth-order valence-corrected chi connectivity index (χ4v) is 1.77. The van der Waals surface area contributed by atoms with Gasteiger partial charge in [0.1, 0.15) is 0 Å². The first kappa shape index (κ1) is 14.9. The lowest BCUT2D eigenvalue weighted by molar-refractivity contribution is 0.210. The summed E-state index contributed by atoms with van der Waals surface area (Å²) in [6.45, 7) is 5.44. The number of aryl methyl sites for hydroxylation is 2. The molecule has 0 spiro atoms. The Morgan fingerprint density at radius 2 is 2.17 bits per heavy atom. The second-order valence-corrected chi connectivity index (χ2v) is 4.18. The van der Waals surface area contributed by atoms with Gasteiger partial charge in [-0.3, -0.25) is 0 Å². The van der Waals surface area contributed by atoms with Gasteiger partial charge in [0.05, 0.1) is 23.6 Å². The minimum absolute atomic E-state index is 0.638. The van der Waals surface area contributed by atoms with Gasteiger partial charge in [-0.15, -0.1) is 0 Å². The van der Waals surface area contributed by atoms with Crippen molar-refractivity contribution in [2.24, 2.45) is 0 Å². The van der Waals surface area contributed by atoms with Crippen LogP contribution >= 0.6 is 9.24 Å². The molecule has 5 heteroatoms. The summed E-state index contributed by atoms with van der Waals surface area (Å²) < 4.78 is 4.99. The van der Waals surface area contributed by atoms with Crippen LogP contribution in [0, 0.1) is 18.5 Å². The molecule has 1 heterocycles. The molecule has 0 aliphatic rings. The van der Waals surface area contributed by atoms with Gasteiger partial charge in [-0.25, -0.2) is 9.97 Å². The molecule has 1 N–H and O–H groups in total. The molecule has 1 rings (SSSR count). The van der Waals surface area contributed by atoms with Crippen LogP contribution in [0.5, 0.6) is 0 Å². The molecule has 98 valence electrons. The number of rotatable bonds is 6. The van der Waals surface area contributed by atoms with E-state index in [2.05, 4.69) is 43.0 Å². The van der Waals surface area contributed by atoms with Crippen LogP contribution in [0.25, 0.3) is 0 Å². The van der Waals surface area contributed by atoms with Gasteiger partial charge in [-0.05, 0) is 13.3 Å². The number of hydrogen-bond donors (Lipinski definition) is 1. The Hall–Kier alpha value is -1.17. The smallest absolute Gasteiger partial charge is 0.223 e. The predicted molar refractivity (Wildman–Crippen MR) is 77.7 cm³/mol. The van der Waals surface area contributed by atoms with Gasteiger partial charge in [-0.2, -0.15) is 0 Å². The molecule has 0 fully saturated rings. The monoisotopic (exact) mass is 265 g/mol. The molecule has 4 nitrogen and oxygen atoms in total. The van der Waals surface area contributed by atoms with E-state index in [0.29, 0.717) is 19.1 Å². The van der Waals surface area contributed by atoms with Crippen LogP contribution in [0.1, 0.15) is 30.3 Å². The molecule has 0 aromatic carbocycles. The highest BCUT2D eigenvalue weighted by Gasteiger charge is 2.09. The van der Waals surface area contributed by atoms with Crippen molar-refractivity contribution in [2.75, 3.05) is 25.6 Å². The minimum atomic E-state index is 0.638. The lowest BCUT2D eigenvalue weighted by atomic mass is 10.1. The number of hydrogen-bond acceptors (Lipinski definition) is 4. The van der Waals surface area contributed by atoms with Crippen LogP contribution in [0.4, 0.5) is 5.95 Å². The standard InChI is InChI=1S/C13H20N3OP/c1-4-5-12-11(6-9-18)10(2)15-13(16-12)14-7-8-17-3/h4-5,7-8,18H2,1-3H3,(H,14,15,16). The molecule has 0 radical (unpaired) electrons. The van der Waals surface area contributed by atoms with Crippen molar-refractivity contribution in [1.29, 1.82) is 0 Å². The maximum atomic E-state index is 4.99. The molecule has 1 aromatic heterocycles. The first-order valence-corrected chi connectivity index (χ1v) is 6.62. The van der Waals surface area contributed by atoms with Crippen molar-refractivity contribution in [3.63, 3.8) is 0 Å². The minimum Gasteiger partial charge on any atom is -0.383 e. The van der Waals surface area contributed by atoms with E-state index in [9.17, 15) is 0 Å². The van der Waals surface area contributed by atoms with Gasteiger partial charge in [0, 0.05) is 13.7 Å². The summed E-state index contributed by atoms with van der Waals surface area (Å²) in [5.41, 5.74) is 5.72. The van der Waals surface area contributed by atoms with Gasteiger partial charge < -0.3 is 10.1 Å². The van der Waals surface area contributed by atoms with Gasteiger partial charge >= 0.3 is 0 Å². The normalized spacial score (nSPS) is 9.78. The maximum Gasteiger partial charge on any atom is 0.223 e. The number of ether oxygens (including phenoxy) is 1. The SMILES string of the molecule is CCCc1nc(NCCOC)nc(C)c1C#CP. The lowest BCUT2D eigenvalue weighted by Gasteiger charge is -2.10. The van der Waals surface area contributed by atoms with E-state index < -0.39 is 0 Å². The quantitative estimate of drug-likeness (QED) is 0.485. The summed E-state index contributed by atoms with van der Waals surface area (Å²) in [6.07, 6.45) is 1.95. The third-order valence-corrected chi connectivity index (χ3v) is 2.58. The molecule has 0 saturated carbocycles. The van der Waals surface area contributed by atoms with Crippen LogP contribution < -0.4 is 5.32 Å². The molecule has 18 heavy (non-hydrogen) atoms. The Morgan fingerprint density at radius 1 is 1.39 bits per heavy atom. The first-order chi connectivity index (χ1) is 8.72. The fourth-order valence-electron chi connectivity index (χ4n) is 1.63. The highest BCUT2D eigenvalue weighted by molar-refractivity contribution is 7.23. The summed E-state index contributed by atoms with van der Waals surface area (Å²) in [5.74, 6) is 3.71. The fraction of sp³-hybridized carbons (Fsp3) is 0.538. The van der Waals surface area contributed by atoms with E-state index in [-0.39, 0.29) is 0 Å². The van der Waals surface area contributed by atoms with Crippen molar-refractivity contribution < 1.29 is 4.74 Å². The van der Waals surface area contributed by atoms with E-state index in [4.69, 9.17) is 4.74 Å². The van der Waals surface area contributed by atoms with Crippen molar-refractivity contribution in [1.82, 2.24) is 9.97 Å². The van der Waals surface area contributed by atoms with Crippen LogP contribution in [0.15, 0.2) is 0 Å². The van der Waals surface area contributed by atoms with Crippen LogP contribution in [0.3, 0.4) is 0 Å². The summed E-state index contributed by atoms with van der Waals surface area (Å²) in [5, 5.41) is 3.15. The molecule has 0 bridgehead atoms. The number of methoxy groups -OCH3 is 1. The number of anilines is 1. The Labute approximate surface area is 111 Å². The average Bonchev–Trinajstić information content (AvgIpc) is 2.34. The number of aromatic nitrogens is 2. The zero-order valence-electron chi connectivity index (χ0n) is 11.2. The maximum absolute atomic E-state index is 4.99. The summed E-state index contributed by atoms with van der Waals surface area (Å²) in [6, 6.07) is 0. The van der Waals surface area contributed by atoms with Gasteiger partial charge in [0.2, 0.25) is 5.95 Å². The van der Waals surface area contributed by atoms with Crippen molar-refractivity contribution in [3.05, 3.63) is 17.0 Å². The van der Waals surface area contributed by atoms with Crippen LogP contribution in [-0.2, 0) is 11.2 Å². The second kappa shape index (κ2) is 8.02. The van der Waals surface area contributed by atoms with Crippen molar-refractivity contribution in [3.8, 4) is 11.6 Å². The predicted octanol–water partition coefficient (Wildman–Crippen LogP) is 1.98. The summed E-state index contributed by atoms with van der Waals surface area (Å²) in [4.78, 5) is 8.94. The first-order valence-electron chi connectivity index (χ1n) is 6.04. The molecule has 1 unspecified atom stereocenters. The van der Waals surface area contributed by atoms with Crippen molar-refractivity contribution >= 4 is 15.2 Å². The lowest BCUT2D eigenvalue weighted by Crippen LogP contribution is -2.13. The van der Waals surface area contributed by atoms with Gasteiger partial charge in [0.15, 0.2) is 0 Å². The Balaban J connectivity index is 2.97. The number of nitrogens with zero attached hydrogens (tertiary/aromatic N) is 2. The molecule has 0 amide bonds. The molecular formula is C13H20N3OP. The van der Waals surface area contributed by atoms with Crippen LogP contribution in [-0.4, -0.2) is 30.2 Å². The second-order valence-electron chi connectivity index (χ2n) is 3.89. The Bertz CT molecular complexity index is 452. The van der Waals surface area contributed by atoms with E-state index in [1.54, 1.807) is 7.11 Å². The molecular weight excluding hydrogens is 245 g/mol. The van der Waals surface area contributed by atoms with E-state index in [1.807, 2.05) is 6.92 Å². The zero-order valence-corrected chi connectivity index (χ0v) is 12.4. The van der Waals surface area contributed by atoms with E-state index in [0.717, 1.165) is 29.8 Å². The van der Waals surface area contributed by atoms with Crippen molar-refractivity contribution in [2.45, 2.75) is 26.7 Å². The highest BCUT2D eigenvalue weighted by atomic mass is 31.0. The molecule has 0 saturated heterocycles. The van der Waals surface area contributed by atoms with E-state index >= 15 is 0 Å². The Kier molecular flexibility index (Phi) is 6.64. The third-order valence-electron chi connectivity index (χ3n) is 2.44. The van der Waals surface area contributed by atoms with E-state index in [1.165, 1.54) is 0 Å². The molecule has 0 aliphatic heterocycles. The average molecular weight is 265 g/mol. The number of nitrogens with one attached hydrogen (secondary N) is 1. The van der Waals surface area contributed by atoms with Gasteiger partial charge in [-0.1, -0.05) is 34.2 Å². The molecule has 1 aromatic rings. The molecule has 0 aliphatic carbocycles.